The van der Waals surface area contributed by atoms with Gasteiger partial charge in [0.2, 0.25) is 0 Å². The van der Waals surface area contributed by atoms with Crippen LogP contribution < -0.4 is 0 Å². The summed E-state index contributed by atoms with van der Waals surface area (Å²) in [5.74, 6) is 0.00836. The van der Waals surface area contributed by atoms with Crippen molar-refractivity contribution >= 4 is 21.8 Å². The summed E-state index contributed by atoms with van der Waals surface area (Å²) in [6.45, 7) is 6.62. The second-order valence-corrected chi connectivity index (χ2v) is 5.40. The van der Waals surface area contributed by atoms with Crippen LogP contribution in [0.25, 0.3) is 0 Å². The zero-order valence-corrected chi connectivity index (χ0v) is 12.7. The van der Waals surface area contributed by atoms with Crippen molar-refractivity contribution in [2.45, 2.75) is 33.2 Å². The number of benzene rings is 1. The molecule has 3 nitrogen and oxygen atoms in total. The number of carbonyl (C=O) groups is 1. The largest absolute Gasteiger partial charge is 0.396 e. The van der Waals surface area contributed by atoms with Gasteiger partial charge in [-0.05, 0) is 54.8 Å². The van der Waals surface area contributed by atoms with Gasteiger partial charge in [-0.15, -0.1) is 0 Å². The molecule has 0 radical (unpaired) electrons. The average molecular weight is 314 g/mol. The highest BCUT2D eigenvalue weighted by atomic mass is 79.9. The Hall–Kier alpha value is -0.870. The molecule has 0 fully saturated rings. The standard InChI is InChI=1S/C14H20BrNO2/c1-10(2)16(8-5-9-17)14(18)12-7-4-6-11(3)13(12)15/h4,6-7,10,17H,5,8-9H2,1-3H3. The van der Waals surface area contributed by atoms with E-state index in [9.17, 15) is 4.79 Å². The minimum absolute atomic E-state index is 0.00836. The molecule has 1 N–H and O–H groups in total. The van der Waals surface area contributed by atoms with Crippen LogP contribution in [0.3, 0.4) is 0 Å². The number of amides is 1. The minimum Gasteiger partial charge on any atom is -0.396 e. The first-order chi connectivity index (χ1) is 8.49. The van der Waals surface area contributed by atoms with Gasteiger partial charge in [0.1, 0.15) is 0 Å². The lowest BCUT2D eigenvalue weighted by Crippen LogP contribution is -2.38. The molecule has 1 amide bonds. The third-order valence-corrected chi connectivity index (χ3v) is 3.92. The highest BCUT2D eigenvalue weighted by Gasteiger charge is 2.20. The van der Waals surface area contributed by atoms with Crippen LogP contribution in [0.1, 0.15) is 36.2 Å². The van der Waals surface area contributed by atoms with Crippen molar-refractivity contribution in [3.05, 3.63) is 33.8 Å². The third kappa shape index (κ3) is 3.56. The van der Waals surface area contributed by atoms with E-state index in [0.717, 1.165) is 10.0 Å². The van der Waals surface area contributed by atoms with E-state index in [2.05, 4.69) is 15.9 Å². The number of hydrogen-bond acceptors (Lipinski definition) is 2. The summed E-state index contributed by atoms with van der Waals surface area (Å²) in [5.41, 5.74) is 1.73. The minimum atomic E-state index is 0.00836. The van der Waals surface area contributed by atoms with Crippen LogP contribution >= 0.6 is 15.9 Å². The van der Waals surface area contributed by atoms with Gasteiger partial charge in [0.05, 0.1) is 5.56 Å². The zero-order chi connectivity index (χ0) is 13.7. The topological polar surface area (TPSA) is 40.5 Å². The predicted molar refractivity (Wildman–Crippen MR) is 76.8 cm³/mol. The van der Waals surface area contributed by atoms with Crippen LogP contribution in [0.2, 0.25) is 0 Å². The second-order valence-electron chi connectivity index (χ2n) is 4.61. The van der Waals surface area contributed by atoms with Crippen LogP contribution in [-0.2, 0) is 0 Å². The molecule has 0 unspecified atom stereocenters. The number of aliphatic hydroxyl groups excluding tert-OH is 1. The Labute approximate surface area is 117 Å². The number of halogens is 1. The molecule has 0 atom stereocenters. The zero-order valence-electron chi connectivity index (χ0n) is 11.1. The summed E-state index contributed by atoms with van der Waals surface area (Å²) in [6.07, 6.45) is 0.605. The Morgan fingerprint density at radius 2 is 2.11 bits per heavy atom. The molecule has 100 valence electrons. The van der Waals surface area contributed by atoms with Gasteiger partial charge in [-0.25, -0.2) is 0 Å². The van der Waals surface area contributed by atoms with Crippen LogP contribution in [-0.4, -0.2) is 35.1 Å². The number of rotatable bonds is 5. The van der Waals surface area contributed by atoms with Crippen LogP contribution in [0.15, 0.2) is 22.7 Å². The molecule has 0 bridgehead atoms. The van der Waals surface area contributed by atoms with E-state index in [-0.39, 0.29) is 18.6 Å². The van der Waals surface area contributed by atoms with E-state index in [0.29, 0.717) is 18.5 Å². The van der Waals surface area contributed by atoms with Gasteiger partial charge >= 0.3 is 0 Å². The molecule has 0 spiro atoms. The highest BCUT2D eigenvalue weighted by Crippen LogP contribution is 2.23. The number of aryl methyl sites for hydroxylation is 1. The first-order valence-electron chi connectivity index (χ1n) is 6.16. The van der Waals surface area contributed by atoms with Crippen molar-refractivity contribution in [2.75, 3.05) is 13.2 Å². The SMILES string of the molecule is Cc1cccc(C(=O)N(CCCO)C(C)C)c1Br. The van der Waals surface area contributed by atoms with Gasteiger partial charge in [-0.3, -0.25) is 4.79 Å². The lowest BCUT2D eigenvalue weighted by atomic mass is 10.1. The average Bonchev–Trinajstić information content (AvgIpc) is 2.32. The number of hydrogen-bond donors (Lipinski definition) is 1. The number of nitrogens with zero attached hydrogens (tertiary/aromatic N) is 1. The molecule has 18 heavy (non-hydrogen) atoms. The monoisotopic (exact) mass is 313 g/mol. The summed E-state index contributed by atoms with van der Waals surface area (Å²) >= 11 is 3.47. The normalized spacial score (nSPS) is 10.8. The molecule has 1 aromatic carbocycles. The van der Waals surface area contributed by atoms with E-state index in [4.69, 9.17) is 5.11 Å². The molecule has 0 heterocycles. The first-order valence-corrected chi connectivity index (χ1v) is 6.95. The first kappa shape index (κ1) is 15.2. The van der Waals surface area contributed by atoms with E-state index in [1.807, 2.05) is 39.0 Å². The van der Waals surface area contributed by atoms with Crippen molar-refractivity contribution in [3.63, 3.8) is 0 Å². The highest BCUT2D eigenvalue weighted by molar-refractivity contribution is 9.10. The summed E-state index contributed by atoms with van der Waals surface area (Å²) in [5, 5.41) is 8.90. The summed E-state index contributed by atoms with van der Waals surface area (Å²) in [6, 6.07) is 5.80. The molecule has 0 aliphatic rings. The Morgan fingerprint density at radius 1 is 1.44 bits per heavy atom. The molecule has 1 aromatic rings. The Morgan fingerprint density at radius 3 is 2.67 bits per heavy atom. The van der Waals surface area contributed by atoms with Crippen LogP contribution in [0, 0.1) is 6.92 Å². The predicted octanol–water partition coefficient (Wildman–Crippen LogP) is 2.99. The van der Waals surface area contributed by atoms with E-state index in [1.165, 1.54) is 0 Å². The fourth-order valence-electron chi connectivity index (χ4n) is 1.80. The number of aliphatic hydroxyl groups is 1. The quantitative estimate of drug-likeness (QED) is 0.908. The lowest BCUT2D eigenvalue weighted by molar-refractivity contribution is 0.0692. The molecule has 1 rings (SSSR count). The van der Waals surface area contributed by atoms with Crippen LogP contribution in [0.5, 0.6) is 0 Å². The maximum Gasteiger partial charge on any atom is 0.255 e. The van der Waals surface area contributed by atoms with E-state index >= 15 is 0 Å². The van der Waals surface area contributed by atoms with Gasteiger partial charge in [-0.1, -0.05) is 12.1 Å². The Kier molecular flexibility index (Phi) is 5.82. The Bertz CT molecular complexity index is 418. The van der Waals surface area contributed by atoms with Crippen LogP contribution in [0.4, 0.5) is 0 Å². The summed E-state index contributed by atoms with van der Waals surface area (Å²) in [4.78, 5) is 14.3. The van der Waals surface area contributed by atoms with Gasteiger partial charge < -0.3 is 10.0 Å². The van der Waals surface area contributed by atoms with Crippen molar-refractivity contribution in [1.82, 2.24) is 4.90 Å². The molecule has 0 aliphatic carbocycles. The van der Waals surface area contributed by atoms with Crippen molar-refractivity contribution in [3.8, 4) is 0 Å². The third-order valence-electron chi connectivity index (χ3n) is 2.86. The fraction of sp³-hybridized carbons (Fsp3) is 0.500. The fourth-order valence-corrected chi connectivity index (χ4v) is 2.24. The second kappa shape index (κ2) is 6.90. The van der Waals surface area contributed by atoms with Gasteiger partial charge in [0.15, 0.2) is 0 Å². The molecule has 0 saturated heterocycles. The van der Waals surface area contributed by atoms with Gasteiger partial charge in [0, 0.05) is 23.7 Å². The molecule has 0 aromatic heterocycles. The molecular formula is C14H20BrNO2. The lowest BCUT2D eigenvalue weighted by Gasteiger charge is -2.27. The number of carbonyl (C=O) groups excluding carboxylic acids is 1. The van der Waals surface area contributed by atoms with Gasteiger partial charge in [0.25, 0.3) is 5.91 Å². The summed E-state index contributed by atoms with van der Waals surface area (Å²) < 4.78 is 0.852. The smallest absolute Gasteiger partial charge is 0.255 e. The molecule has 0 saturated carbocycles. The maximum absolute atomic E-state index is 12.5. The maximum atomic E-state index is 12.5. The van der Waals surface area contributed by atoms with E-state index in [1.54, 1.807) is 4.90 Å². The molecular weight excluding hydrogens is 294 g/mol. The Balaban J connectivity index is 2.98. The molecule has 4 heteroatoms. The van der Waals surface area contributed by atoms with Crippen molar-refractivity contribution in [1.29, 1.82) is 0 Å². The van der Waals surface area contributed by atoms with Gasteiger partial charge in [-0.2, -0.15) is 0 Å². The molecule has 0 aliphatic heterocycles. The van der Waals surface area contributed by atoms with Crippen molar-refractivity contribution in [2.24, 2.45) is 0 Å². The summed E-state index contributed by atoms with van der Waals surface area (Å²) in [7, 11) is 0. The van der Waals surface area contributed by atoms with E-state index < -0.39 is 0 Å². The van der Waals surface area contributed by atoms with Crippen molar-refractivity contribution < 1.29 is 9.90 Å².